The van der Waals surface area contributed by atoms with Crippen molar-refractivity contribution in [3.63, 3.8) is 0 Å². The van der Waals surface area contributed by atoms with E-state index in [1.54, 1.807) is 0 Å². The van der Waals surface area contributed by atoms with Crippen LogP contribution in [0, 0.1) is 0 Å². The second-order valence-electron chi connectivity index (χ2n) is 5.10. The molecule has 0 fully saturated rings. The molecule has 1 rings (SSSR count). The van der Waals surface area contributed by atoms with Crippen LogP contribution in [0.3, 0.4) is 0 Å². The number of rotatable bonds is 4. The Morgan fingerprint density at radius 2 is 2.00 bits per heavy atom. The van der Waals surface area contributed by atoms with Crippen LogP contribution in [-0.4, -0.2) is 23.3 Å². The monoisotopic (exact) mass is 213 g/mol. The molecule has 2 N–H and O–H groups in total. The standard InChI is InChI=1S/C10H19N3O2/c1-9(2,3)15-8(14)7(11)5-6-10(4)12-13-10/h7H,5-6,11H2,1-4H3/t7-/m0/s1. The summed E-state index contributed by atoms with van der Waals surface area (Å²) in [5.41, 5.74) is 4.93. The van der Waals surface area contributed by atoms with Crippen LogP contribution in [0.1, 0.15) is 40.5 Å². The molecule has 0 aromatic rings. The van der Waals surface area contributed by atoms with Gasteiger partial charge in [0.1, 0.15) is 11.6 Å². The van der Waals surface area contributed by atoms with Crippen LogP contribution in [0.2, 0.25) is 0 Å². The number of ether oxygens (including phenoxy) is 1. The summed E-state index contributed by atoms with van der Waals surface area (Å²) in [5.74, 6) is -0.355. The number of esters is 1. The van der Waals surface area contributed by atoms with E-state index >= 15 is 0 Å². The minimum Gasteiger partial charge on any atom is -0.459 e. The van der Waals surface area contributed by atoms with E-state index in [-0.39, 0.29) is 11.6 Å². The van der Waals surface area contributed by atoms with Gasteiger partial charge in [-0.15, -0.1) is 0 Å². The fraction of sp³-hybridized carbons (Fsp3) is 0.900. The molecule has 0 spiro atoms. The maximum absolute atomic E-state index is 11.5. The Bertz CT molecular complexity index is 275. The Kier molecular flexibility index (Phi) is 3.13. The van der Waals surface area contributed by atoms with Crippen molar-refractivity contribution in [2.75, 3.05) is 0 Å². The SMILES string of the molecule is CC1(CC[C@H](N)C(=O)OC(C)(C)C)N=N1. The van der Waals surface area contributed by atoms with Gasteiger partial charge in [-0.3, -0.25) is 4.79 Å². The van der Waals surface area contributed by atoms with E-state index in [0.29, 0.717) is 12.8 Å². The predicted octanol–water partition coefficient (Wildman–Crippen LogP) is 1.62. The van der Waals surface area contributed by atoms with Crippen LogP contribution >= 0.6 is 0 Å². The second-order valence-corrected chi connectivity index (χ2v) is 5.10. The van der Waals surface area contributed by atoms with Crippen molar-refractivity contribution in [1.29, 1.82) is 0 Å². The molecule has 15 heavy (non-hydrogen) atoms. The highest BCUT2D eigenvalue weighted by molar-refractivity contribution is 5.75. The first-order chi connectivity index (χ1) is 6.72. The maximum atomic E-state index is 11.5. The molecule has 86 valence electrons. The zero-order valence-electron chi connectivity index (χ0n) is 9.78. The molecule has 0 aromatic heterocycles. The Morgan fingerprint density at radius 1 is 1.47 bits per heavy atom. The summed E-state index contributed by atoms with van der Waals surface area (Å²) in [4.78, 5) is 11.5. The average molecular weight is 213 g/mol. The van der Waals surface area contributed by atoms with E-state index in [0.717, 1.165) is 0 Å². The molecule has 0 saturated heterocycles. The molecule has 0 bridgehead atoms. The van der Waals surface area contributed by atoms with Crippen molar-refractivity contribution < 1.29 is 9.53 Å². The minimum absolute atomic E-state index is 0.292. The zero-order chi connectivity index (χ0) is 11.7. The molecular formula is C10H19N3O2. The molecule has 0 amide bonds. The molecule has 1 aliphatic rings. The van der Waals surface area contributed by atoms with Gasteiger partial charge in [-0.25, -0.2) is 0 Å². The van der Waals surface area contributed by atoms with Crippen molar-refractivity contribution in [3.05, 3.63) is 0 Å². The van der Waals surface area contributed by atoms with E-state index < -0.39 is 11.6 Å². The molecule has 1 heterocycles. The number of hydrogen-bond acceptors (Lipinski definition) is 5. The lowest BCUT2D eigenvalue weighted by atomic mass is 10.1. The lowest BCUT2D eigenvalue weighted by molar-refractivity contribution is -0.156. The molecular weight excluding hydrogens is 194 g/mol. The van der Waals surface area contributed by atoms with Gasteiger partial charge in [0.05, 0.1) is 0 Å². The fourth-order valence-electron chi connectivity index (χ4n) is 1.11. The number of nitrogens with two attached hydrogens (primary N) is 1. The fourth-order valence-corrected chi connectivity index (χ4v) is 1.11. The highest BCUT2D eigenvalue weighted by Gasteiger charge is 2.35. The molecule has 0 aromatic carbocycles. The lowest BCUT2D eigenvalue weighted by Crippen LogP contribution is -2.37. The average Bonchev–Trinajstić information content (AvgIpc) is 2.77. The van der Waals surface area contributed by atoms with Crippen LogP contribution in [0.25, 0.3) is 0 Å². The number of hydrogen-bond donors (Lipinski definition) is 1. The summed E-state index contributed by atoms with van der Waals surface area (Å²) in [6, 6.07) is -0.577. The Hall–Kier alpha value is -0.970. The van der Waals surface area contributed by atoms with E-state index in [2.05, 4.69) is 10.2 Å². The third-order valence-corrected chi connectivity index (χ3v) is 2.08. The van der Waals surface area contributed by atoms with Crippen LogP contribution in [0.4, 0.5) is 0 Å². The molecule has 0 aliphatic carbocycles. The molecule has 0 radical (unpaired) electrons. The molecule has 0 unspecified atom stereocenters. The zero-order valence-corrected chi connectivity index (χ0v) is 9.78. The Labute approximate surface area is 90.1 Å². The largest absolute Gasteiger partial charge is 0.459 e. The van der Waals surface area contributed by atoms with Crippen LogP contribution in [-0.2, 0) is 9.53 Å². The third-order valence-electron chi connectivity index (χ3n) is 2.08. The summed E-state index contributed by atoms with van der Waals surface area (Å²) in [6.45, 7) is 7.38. The highest BCUT2D eigenvalue weighted by Crippen LogP contribution is 2.32. The van der Waals surface area contributed by atoms with E-state index in [4.69, 9.17) is 10.5 Å². The first kappa shape index (κ1) is 12.1. The highest BCUT2D eigenvalue weighted by atomic mass is 16.6. The summed E-state index contributed by atoms with van der Waals surface area (Å²) in [6.07, 6.45) is 1.26. The van der Waals surface area contributed by atoms with Gasteiger partial charge >= 0.3 is 5.97 Å². The molecule has 1 aliphatic heterocycles. The van der Waals surface area contributed by atoms with Gasteiger partial charge in [0.2, 0.25) is 0 Å². The van der Waals surface area contributed by atoms with E-state index in [1.165, 1.54) is 0 Å². The van der Waals surface area contributed by atoms with Crippen molar-refractivity contribution in [3.8, 4) is 0 Å². The van der Waals surface area contributed by atoms with Crippen LogP contribution in [0.15, 0.2) is 10.2 Å². The van der Waals surface area contributed by atoms with Gasteiger partial charge < -0.3 is 10.5 Å². The Balaban J connectivity index is 2.27. The first-order valence-electron chi connectivity index (χ1n) is 5.14. The smallest absolute Gasteiger partial charge is 0.323 e. The van der Waals surface area contributed by atoms with E-state index in [1.807, 2.05) is 27.7 Å². The Morgan fingerprint density at radius 3 is 2.40 bits per heavy atom. The second kappa shape index (κ2) is 3.89. The predicted molar refractivity (Wildman–Crippen MR) is 56.3 cm³/mol. The topological polar surface area (TPSA) is 77.0 Å². The van der Waals surface area contributed by atoms with Crippen molar-refractivity contribution in [2.45, 2.75) is 57.8 Å². The van der Waals surface area contributed by atoms with E-state index in [9.17, 15) is 4.79 Å². The van der Waals surface area contributed by atoms with Gasteiger partial charge in [-0.1, -0.05) is 0 Å². The van der Waals surface area contributed by atoms with Crippen LogP contribution < -0.4 is 5.73 Å². The van der Waals surface area contributed by atoms with Gasteiger partial charge in [-0.05, 0) is 40.5 Å². The van der Waals surface area contributed by atoms with Crippen LogP contribution in [0.5, 0.6) is 0 Å². The third kappa shape index (κ3) is 4.38. The number of carbonyl (C=O) groups is 1. The first-order valence-corrected chi connectivity index (χ1v) is 5.14. The maximum Gasteiger partial charge on any atom is 0.323 e. The number of carbonyl (C=O) groups excluding carboxylic acids is 1. The van der Waals surface area contributed by atoms with Gasteiger partial charge in [0.25, 0.3) is 0 Å². The summed E-state index contributed by atoms with van der Waals surface area (Å²) < 4.78 is 5.16. The van der Waals surface area contributed by atoms with Gasteiger partial charge in [0.15, 0.2) is 5.66 Å². The molecule has 5 heteroatoms. The van der Waals surface area contributed by atoms with Gasteiger partial charge in [-0.2, -0.15) is 10.2 Å². The lowest BCUT2D eigenvalue weighted by Gasteiger charge is -2.22. The normalized spacial score (nSPS) is 19.8. The molecule has 5 nitrogen and oxygen atoms in total. The van der Waals surface area contributed by atoms with Crippen molar-refractivity contribution >= 4 is 5.97 Å². The summed E-state index contributed by atoms with van der Waals surface area (Å²) in [7, 11) is 0. The molecule has 0 saturated carbocycles. The molecule has 1 atom stereocenters. The summed E-state index contributed by atoms with van der Waals surface area (Å²) >= 11 is 0. The quantitative estimate of drug-likeness (QED) is 0.721. The summed E-state index contributed by atoms with van der Waals surface area (Å²) in [5, 5.41) is 7.71. The van der Waals surface area contributed by atoms with Crippen molar-refractivity contribution in [1.82, 2.24) is 0 Å². The van der Waals surface area contributed by atoms with Crippen molar-refractivity contribution in [2.24, 2.45) is 16.0 Å². The number of nitrogens with zero attached hydrogens (tertiary/aromatic N) is 2. The van der Waals surface area contributed by atoms with Gasteiger partial charge in [0, 0.05) is 0 Å². The minimum atomic E-state index is -0.577.